The number of benzene rings is 3. The molecule has 0 bridgehead atoms. The molecule has 1 aliphatic heterocycles. The number of fused-ring (bicyclic) bond motifs is 1. The third-order valence-electron chi connectivity index (χ3n) is 5.66. The average molecular weight is 462 g/mol. The maximum atomic E-state index is 13.1. The van der Waals surface area contributed by atoms with Crippen molar-refractivity contribution in [2.75, 3.05) is 28.4 Å². The van der Waals surface area contributed by atoms with Crippen molar-refractivity contribution < 1.29 is 23.7 Å². The summed E-state index contributed by atoms with van der Waals surface area (Å²) in [7, 11) is 6.22. The molecule has 0 fully saturated rings. The highest BCUT2D eigenvalue weighted by Gasteiger charge is 2.38. The minimum Gasteiger partial charge on any atom is -0.497 e. The predicted molar refractivity (Wildman–Crippen MR) is 126 cm³/mol. The highest BCUT2D eigenvalue weighted by atomic mass is 16.5. The molecule has 1 unspecified atom stereocenters. The first-order valence-electron chi connectivity index (χ1n) is 10.8. The second-order valence-electron chi connectivity index (χ2n) is 7.75. The number of carbonyl (C=O) groups excluding carboxylic acids is 1. The van der Waals surface area contributed by atoms with Crippen LogP contribution in [0.25, 0.3) is 0 Å². The Morgan fingerprint density at radius 1 is 0.824 bits per heavy atom. The van der Waals surface area contributed by atoms with Gasteiger partial charge in [-0.1, -0.05) is 30.3 Å². The molecule has 3 aromatic carbocycles. The largest absolute Gasteiger partial charge is 0.497 e. The van der Waals surface area contributed by atoms with Gasteiger partial charge in [-0.3, -0.25) is 4.79 Å². The van der Waals surface area contributed by atoms with Gasteiger partial charge in [0.15, 0.2) is 17.2 Å². The van der Waals surface area contributed by atoms with E-state index in [1.807, 2.05) is 42.5 Å². The molecule has 1 N–H and O–H groups in total. The summed E-state index contributed by atoms with van der Waals surface area (Å²) in [6, 6.07) is 18.7. The molecule has 0 aliphatic carbocycles. The van der Waals surface area contributed by atoms with Crippen LogP contribution in [-0.4, -0.2) is 34.3 Å². The average Bonchev–Trinajstić information content (AvgIpc) is 3.25. The smallest absolute Gasteiger partial charge is 0.225 e. The molecule has 0 saturated heterocycles. The number of carbonyl (C=O) groups is 1. The molecule has 34 heavy (non-hydrogen) atoms. The van der Waals surface area contributed by atoms with E-state index in [2.05, 4.69) is 5.32 Å². The fraction of sp³-hybridized carbons (Fsp3) is 0.269. The number of methoxy groups -OCH3 is 4. The molecule has 0 aromatic heterocycles. The molecule has 8 heteroatoms. The number of nitrogens with one attached hydrogen (secondary N) is 1. The van der Waals surface area contributed by atoms with Crippen LogP contribution in [0.4, 0.5) is 0 Å². The van der Waals surface area contributed by atoms with Gasteiger partial charge in [0.05, 0.1) is 45.6 Å². The summed E-state index contributed by atoms with van der Waals surface area (Å²) in [5.41, 5.74) is 0.445. The Hall–Kier alpha value is -4.07. The Morgan fingerprint density at radius 2 is 1.50 bits per heavy atom. The second-order valence-corrected chi connectivity index (χ2v) is 7.75. The molecule has 4 rings (SSSR count). The summed E-state index contributed by atoms with van der Waals surface area (Å²) in [4.78, 5) is 22.9. The van der Waals surface area contributed by atoms with Gasteiger partial charge in [0.1, 0.15) is 5.75 Å². The van der Waals surface area contributed by atoms with E-state index < -0.39 is 5.66 Å². The zero-order valence-electron chi connectivity index (χ0n) is 19.6. The van der Waals surface area contributed by atoms with Gasteiger partial charge < -0.3 is 24.3 Å². The summed E-state index contributed by atoms with van der Waals surface area (Å²) < 4.78 is 21.9. The van der Waals surface area contributed by atoms with Crippen LogP contribution in [0.5, 0.6) is 23.0 Å². The fourth-order valence-corrected chi connectivity index (χ4v) is 3.94. The van der Waals surface area contributed by atoms with Crippen LogP contribution in [0.15, 0.2) is 70.6 Å². The van der Waals surface area contributed by atoms with Crippen molar-refractivity contribution in [1.82, 2.24) is 5.32 Å². The Labute approximate surface area is 197 Å². The molecule has 0 radical (unpaired) electrons. The quantitative estimate of drug-likeness (QED) is 0.529. The van der Waals surface area contributed by atoms with E-state index in [0.29, 0.717) is 45.8 Å². The van der Waals surface area contributed by atoms with Crippen LogP contribution in [0, 0.1) is 0 Å². The molecular weight excluding hydrogens is 434 g/mol. The van der Waals surface area contributed by atoms with Crippen LogP contribution in [0.3, 0.4) is 0 Å². The van der Waals surface area contributed by atoms with Gasteiger partial charge in [0.25, 0.3) is 0 Å². The molecule has 1 amide bonds. The molecule has 1 atom stereocenters. The van der Waals surface area contributed by atoms with E-state index in [-0.39, 0.29) is 12.3 Å². The lowest BCUT2D eigenvalue weighted by Gasteiger charge is -2.25. The highest BCUT2D eigenvalue weighted by molar-refractivity contribution is 5.78. The number of amides is 1. The summed E-state index contributed by atoms with van der Waals surface area (Å²) >= 11 is 0. The minimum atomic E-state index is -1.21. The summed E-state index contributed by atoms with van der Waals surface area (Å²) in [5.74, 6) is 1.84. The summed E-state index contributed by atoms with van der Waals surface area (Å²) in [5, 5.41) is 4.29. The first kappa shape index (κ1) is 23.1. The van der Waals surface area contributed by atoms with Gasteiger partial charge in [-0.25, -0.2) is 9.98 Å². The van der Waals surface area contributed by atoms with E-state index in [1.165, 1.54) is 0 Å². The predicted octanol–water partition coefficient (Wildman–Crippen LogP) is 2.53. The van der Waals surface area contributed by atoms with E-state index in [1.54, 1.807) is 46.6 Å². The molecule has 3 aromatic rings. The van der Waals surface area contributed by atoms with Gasteiger partial charge in [-0.2, -0.15) is 0 Å². The number of hydrogen-bond acceptors (Lipinski definition) is 7. The zero-order chi connectivity index (χ0) is 24.1. The van der Waals surface area contributed by atoms with Crippen molar-refractivity contribution in [3.05, 3.63) is 82.5 Å². The van der Waals surface area contributed by atoms with E-state index in [4.69, 9.17) is 28.9 Å². The number of nitrogens with zero attached hydrogens (tertiary/aromatic N) is 2. The van der Waals surface area contributed by atoms with Gasteiger partial charge >= 0.3 is 0 Å². The van der Waals surface area contributed by atoms with Crippen molar-refractivity contribution in [3.8, 4) is 23.0 Å². The Bertz CT molecular complexity index is 1280. The van der Waals surface area contributed by atoms with Crippen LogP contribution in [-0.2, 0) is 17.0 Å². The molecule has 176 valence electrons. The zero-order valence-corrected chi connectivity index (χ0v) is 19.6. The third kappa shape index (κ3) is 4.52. The lowest BCUT2D eigenvalue weighted by atomic mass is 9.95. The normalized spacial score (nSPS) is 16.0. The summed E-state index contributed by atoms with van der Waals surface area (Å²) in [6.45, 7) is 0.409. The number of rotatable bonds is 9. The summed E-state index contributed by atoms with van der Waals surface area (Å²) in [6.07, 6.45) is -0.00450. The second kappa shape index (κ2) is 9.82. The molecule has 1 heterocycles. The van der Waals surface area contributed by atoms with Crippen molar-refractivity contribution in [2.24, 2.45) is 9.98 Å². The standard InChI is InChI=1S/C26H27N3O5/c1-31-19-10-11-20-21(14-19)29-26(28-20,15-24(30)27-16-17-8-6-5-7-9-17)18-12-22(32-2)25(34-4)23(13-18)33-3/h5-14H,15-16H2,1-4H3,(H,27,30). The van der Waals surface area contributed by atoms with Crippen LogP contribution < -0.4 is 35.0 Å². The van der Waals surface area contributed by atoms with E-state index >= 15 is 0 Å². The number of ether oxygens (including phenoxy) is 4. The van der Waals surface area contributed by atoms with Gasteiger partial charge in [-0.15, -0.1) is 0 Å². The first-order chi connectivity index (χ1) is 16.5. The van der Waals surface area contributed by atoms with Crippen molar-refractivity contribution >= 4 is 5.91 Å². The van der Waals surface area contributed by atoms with Gasteiger partial charge in [0, 0.05) is 18.2 Å². The molecular formula is C26H27N3O5. The lowest BCUT2D eigenvalue weighted by Crippen LogP contribution is -2.32. The molecule has 8 nitrogen and oxygen atoms in total. The van der Waals surface area contributed by atoms with Crippen molar-refractivity contribution in [2.45, 2.75) is 18.6 Å². The molecule has 1 aliphatic rings. The first-order valence-corrected chi connectivity index (χ1v) is 10.8. The topological polar surface area (TPSA) is 90.7 Å². The number of hydrogen-bond donors (Lipinski definition) is 1. The van der Waals surface area contributed by atoms with E-state index in [9.17, 15) is 4.79 Å². The van der Waals surface area contributed by atoms with Crippen molar-refractivity contribution in [3.63, 3.8) is 0 Å². The van der Waals surface area contributed by atoms with Crippen LogP contribution >= 0.6 is 0 Å². The Kier molecular flexibility index (Phi) is 6.67. The SMILES string of the molecule is COc1ccc2c(c1)=NC(CC(=O)NCc1ccccc1)(c1cc(OC)c(OC)c(OC)c1)N=2. The van der Waals surface area contributed by atoms with Gasteiger partial charge in [0.2, 0.25) is 11.7 Å². The monoisotopic (exact) mass is 461 g/mol. The van der Waals surface area contributed by atoms with Gasteiger partial charge in [-0.05, 0) is 29.8 Å². The highest BCUT2D eigenvalue weighted by Crippen LogP contribution is 2.43. The lowest BCUT2D eigenvalue weighted by molar-refractivity contribution is -0.122. The van der Waals surface area contributed by atoms with Crippen LogP contribution in [0.2, 0.25) is 0 Å². The maximum absolute atomic E-state index is 13.1. The van der Waals surface area contributed by atoms with Crippen molar-refractivity contribution in [1.29, 1.82) is 0 Å². The molecule has 0 spiro atoms. The van der Waals surface area contributed by atoms with E-state index in [0.717, 1.165) is 5.56 Å². The fourth-order valence-electron chi connectivity index (χ4n) is 3.94. The Morgan fingerprint density at radius 3 is 2.12 bits per heavy atom. The van der Waals surface area contributed by atoms with Crippen LogP contribution in [0.1, 0.15) is 17.5 Å². The third-order valence-corrected chi connectivity index (χ3v) is 5.66. The molecule has 0 saturated carbocycles. The minimum absolute atomic E-state index is 0.00450. The maximum Gasteiger partial charge on any atom is 0.225 e. The Balaban J connectivity index is 1.77.